The number of pyridine rings is 1. The van der Waals surface area contributed by atoms with Crippen molar-refractivity contribution in [2.24, 2.45) is 16.8 Å². The number of carboxylic acid groups (broad SMARTS) is 1. The molecule has 0 saturated carbocycles. The average Bonchev–Trinajstić information content (AvgIpc) is 2.18. The van der Waals surface area contributed by atoms with Crippen molar-refractivity contribution in [2.75, 3.05) is 0 Å². The van der Waals surface area contributed by atoms with Gasteiger partial charge in [-0.25, -0.2) is 0 Å². The van der Waals surface area contributed by atoms with E-state index >= 15 is 0 Å². The molecule has 1 aromatic rings. The molecule has 0 aliphatic rings. The Hall–Kier alpha value is -1.71. The van der Waals surface area contributed by atoms with Gasteiger partial charge in [-0.2, -0.15) is 0 Å². The number of aliphatic imine (C=N–C) groups is 1. The second-order valence-corrected chi connectivity index (χ2v) is 3.60. The van der Waals surface area contributed by atoms with Crippen molar-refractivity contribution in [1.29, 1.82) is 0 Å². The smallest absolute Gasteiger partial charge is 0.312 e. The second-order valence-electron chi connectivity index (χ2n) is 3.60. The van der Waals surface area contributed by atoms with E-state index in [4.69, 9.17) is 5.11 Å². The number of aliphatic carboxylic acids is 1. The quantitative estimate of drug-likeness (QED) is 0.767. The number of aromatic nitrogens is 1. The molecule has 0 radical (unpaired) electrons. The topological polar surface area (TPSA) is 62.5 Å². The zero-order valence-corrected chi connectivity index (χ0v) is 8.79. The van der Waals surface area contributed by atoms with Gasteiger partial charge >= 0.3 is 5.97 Å². The summed E-state index contributed by atoms with van der Waals surface area (Å²) in [6.07, 6.45) is 4.70. The number of carboxylic acids is 1. The van der Waals surface area contributed by atoms with Gasteiger partial charge in [0.2, 0.25) is 0 Å². The molecule has 1 unspecified atom stereocenters. The Morgan fingerprint density at radius 1 is 1.60 bits per heavy atom. The summed E-state index contributed by atoms with van der Waals surface area (Å²) < 4.78 is 0. The highest BCUT2D eigenvalue weighted by molar-refractivity contribution is 5.89. The maximum atomic E-state index is 10.9. The number of hydrogen-bond acceptors (Lipinski definition) is 3. The first-order chi connectivity index (χ1) is 7.11. The minimum absolute atomic E-state index is 0.0305. The number of rotatable bonds is 4. The molecule has 1 rings (SSSR count). The first-order valence-corrected chi connectivity index (χ1v) is 4.78. The highest BCUT2D eigenvalue weighted by atomic mass is 16.4. The van der Waals surface area contributed by atoms with E-state index in [1.54, 1.807) is 24.5 Å². The fourth-order valence-electron chi connectivity index (χ4n) is 1.12. The van der Waals surface area contributed by atoms with Crippen molar-refractivity contribution in [3.63, 3.8) is 0 Å². The molecule has 0 aliphatic carbocycles. The van der Waals surface area contributed by atoms with Gasteiger partial charge in [-0.1, -0.05) is 13.8 Å². The van der Waals surface area contributed by atoms with Gasteiger partial charge in [-0.3, -0.25) is 14.8 Å². The molecule has 0 aliphatic heterocycles. The molecule has 1 N–H and O–H groups in total. The Morgan fingerprint density at radius 3 is 2.80 bits per heavy atom. The van der Waals surface area contributed by atoms with Gasteiger partial charge in [-0.05, 0) is 18.1 Å². The molecule has 0 saturated heterocycles. The summed E-state index contributed by atoms with van der Waals surface area (Å²) in [7, 11) is 0. The molecule has 0 amide bonds. The first kappa shape index (κ1) is 11.4. The summed E-state index contributed by atoms with van der Waals surface area (Å²) >= 11 is 0. The largest absolute Gasteiger partial charge is 0.481 e. The third-order valence-electron chi connectivity index (χ3n) is 2.03. The summed E-state index contributed by atoms with van der Waals surface area (Å²) in [5.41, 5.74) is 0.671. The molecule has 0 bridgehead atoms. The van der Waals surface area contributed by atoms with E-state index in [0.29, 0.717) is 5.69 Å². The van der Waals surface area contributed by atoms with Crippen molar-refractivity contribution in [1.82, 2.24) is 4.98 Å². The van der Waals surface area contributed by atoms with Crippen LogP contribution in [0, 0.1) is 11.8 Å². The summed E-state index contributed by atoms with van der Waals surface area (Å²) in [6, 6.07) is 3.54. The minimum atomic E-state index is -0.849. The van der Waals surface area contributed by atoms with Gasteiger partial charge in [0.15, 0.2) is 0 Å². The molecule has 1 atom stereocenters. The van der Waals surface area contributed by atoms with Gasteiger partial charge in [0.25, 0.3) is 0 Å². The Kier molecular flexibility index (Phi) is 3.97. The molecule has 15 heavy (non-hydrogen) atoms. The lowest BCUT2D eigenvalue weighted by atomic mass is 9.97. The molecule has 0 spiro atoms. The van der Waals surface area contributed by atoms with E-state index in [0.717, 1.165) is 0 Å². The van der Waals surface area contributed by atoms with E-state index in [-0.39, 0.29) is 5.92 Å². The third kappa shape index (κ3) is 3.50. The molecule has 4 heteroatoms. The lowest BCUT2D eigenvalue weighted by molar-refractivity contribution is -0.140. The molecular formula is C11H14N2O2. The molecule has 0 aromatic carbocycles. The monoisotopic (exact) mass is 206 g/mol. The number of hydrogen-bond donors (Lipinski definition) is 1. The molecule has 1 aromatic heterocycles. The molecule has 4 nitrogen and oxygen atoms in total. The second kappa shape index (κ2) is 5.24. The Morgan fingerprint density at radius 2 is 2.33 bits per heavy atom. The summed E-state index contributed by atoms with van der Waals surface area (Å²) in [6.45, 7) is 3.71. The van der Waals surface area contributed by atoms with Crippen LogP contribution < -0.4 is 0 Å². The molecule has 80 valence electrons. The highest BCUT2D eigenvalue weighted by Crippen LogP contribution is 2.12. The van der Waals surface area contributed by atoms with Crippen LogP contribution in [0.4, 0.5) is 5.69 Å². The summed E-state index contributed by atoms with van der Waals surface area (Å²) in [4.78, 5) is 18.8. The van der Waals surface area contributed by atoms with Crippen LogP contribution in [0.3, 0.4) is 0 Å². The van der Waals surface area contributed by atoms with Crippen LogP contribution >= 0.6 is 0 Å². The van der Waals surface area contributed by atoms with Gasteiger partial charge in [0.1, 0.15) is 0 Å². The van der Waals surface area contributed by atoms with Crippen molar-refractivity contribution < 1.29 is 9.90 Å². The summed E-state index contributed by atoms with van der Waals surface area (Å²) in [5.74, 6) is -1.37. The highest BCUT2D eigenvalue weighted by Gasteiger charge is 2.18. The van der Waals surface area contributed by atoms with Crippen molar-refractivity contribution >= 4 is 17.9 Å². The lowest BCUT2D eigenvalue weighted by Crippen LogP contribution is -2.20. The van der Waals surface area contributed by atoms with Crippen LogP contribution in [0.1, 0.15) is 13.8 Å². The van der Waals surface area contributed by atoms with Gasteiger partial charge < -0.3 is 5.11 Å². The Labute approximate surface area is 88.7 Å². The predicted molar refractivity (Wildman–Crippen MR) is 58.4 cm³/mol. The van der Waals surface area contributed by atoms with E-state index in [2.05, 4.69) is 9.98 Å². The minimum Gasteiger partial charge on any atom is -0.481 e. The van der Waals surface area contributed by atoms with Gasteiger partial charge in [0, 0.05) is 12.4 Å². The Bertz CT molecular complexity index is 347. The average molecular weight is 206 g/mol. The first-order valence-electron chi connectivity index (χ1n) is 4.78. The van der Waals surface area contributed by atoms with E-state index in [1.807, 2.05) is 13.8 Å². The Balaban J connectivity index is 2.75. The van der Waals surface area contributed by atoms with E-state index < -0.39 is 11.9 Å². The normalized spacial score (nSPS) is 13.3. The molecular weight excluding hydrogens is 192 g/mol. The van der Waals surface area contributed by atoms with Crippen LogP contribution in [0.2, 0.25) is 0 Å². The third-order valence-corrected chi connectivity index (χ3v) is 2.03. The van der Waals surface area contributed by atoms with Crippen LogP contribution in [-0.2, 0) is 4.79 Å². The fraction of sp³-hybridized carbons (Fsp3) is 0.364. The van der Waals surface area contributed by atoms with Gasteiger partial charge in [0.05, 0.1) is 17.8 Å². The summed E-state index contributed by atoms with van der Waals surface area (Å²) in [5, 5.41) is 8.91. The van der Waals surface area contributed by atoms with Crippen LogP contribution in [0.5, 0.6) is 0 Å². The lowest BCUT2D eigenvalue weighted by Gasteiger charge is -2.09. The predicted octanol–water partition coefficient (Wildman–Crippen LogP) is 2.14. The number of carbonyl (C=O) groups is 1. The van der Waals surface area contributed by atoms with E-state index in [1.165, 1.54) is 6.21 Å². The standard InChI is InChI=1S/C11H14N2O2/c1-8(2)10(11(14)15)7-13-9-4-3-5-12-6-9/h3-8,10H,1-2H3,(H,14,15). The van der Waals surface area contributed by atoms with Crippen molar-refractivity contribution in [3.8, 4) is 0 Å². The van der Waals surface area contributed by atoms with Crippen molar-refractivity contribution in [3.05, 3.63) is 24.5 Å². The molecule has 0 fully saturated rings. The SMILES string of the molecule is CC(C)C(C=Nc1cccnc1)C(=O)O. The van der Waals surface area contributed by atoms with Crippen LogP contribution in [0.25, 0.3) is 0 Å². The van der Waals surface area contributed by atoms with Crippen LogP contribution in [0.15, 0.2) is 29.5 Å². The number of nitrogens with zero attached hydrogens (tertiary/aromatic N) is 2. The zero-order valence-electron chi connectivity index (χ0n) is 8.79. The van der Waals surface area contributed by atoms with E-state index in [9.17, 15) is 4.79 Å². The maximum absolute atomic E-state index is 10.9. The van der Waals surface area contributed by atoms with Crippen LogP contribution in [-0.4, -0.2) is 22.3 Å². The fourth-order valence-corrected chi connectivity index (χ4v) is 1.12. The zero-order chi connectivity index (χ0) is 11.3. The molecule has 1 heterocycles. The maximum Gasteiger partial charge on any atom is 0.312 e. The van der Waals surface area contributed by atoms with Gasteiger partial charge in [-0.15, -0.1) is 0 Å². The van der Waals surface area contributed by atoms with Crippen molar-refractivity contribution in [2.45, 2.75) is 13.8 Å².